The van der Waals surface area contributed by atoms with Gasteiger partial charge in [-0.2, -0.15) is 0 Å². The molecule has 198 valence electrons. The van der Waals surface area contributed by atoms with Crippen LogP contribution in [0.2, 0.25) is 0 Å². The molecule has 4 aromatic rings. The Morgan fingerprint density at radius 1 is 0.947 bits per heavy atom. The number of nitrogens with zero attached hydrogens (tertiary/aromatic N) is 3. The first kappa shape index (κ1) is 25.0. The lowest BCUT2D eigenvalue weighted by Crippen LogP contribution is -2.34. The Bertz CT molecular complexity index is 1600. The van der Waals surface area contributed by atoms with E-state index in [1.165, 1.54) is 6.07 Å². The third kappa shape index (κ3) is 4.37. The highest BCUT2D eigenvalue weighted by Gasteiger charge is 2.48. The molecule has 2 aromatic carbocycles. The lowest BCUT2D eigenvalue weighted by atomic mass is 10.0. The second-order valence-corrected chi connectivity index (χ2v) is 12.4. The van der Waals surface area contributed by atoms with Crippen LogP contribution in [-0.4, -0.2) is 73.1 Å². The summed E-state index contributed by atoms with van der Waals surface area (Å²) in [4.78, 5) is 8.75. The van der Waals surface area contributed by atoms with Gasteiger partial charge in [-0.1, -0.05) is 36.4 Å². The molecular weight excluding hydrogens is 507 g/mol. The smallest absolute Gasteiger partial charge is 0.193 e. The number of hydrogen-bond donors (Lipinski definition) is 2. The number of aromatic nitrogens is 2. The normalized spacial score (nSPS) is 23.0. The van der Waals surface area contributed by atoms with E-state index >= 15 is 4.39 Å². The number of aliphatic hydroxyl groups is 1. The maximum atomic E-state index is 15.1. The Morgan fingerprint density at radius 2 is 1.58 bits per heavy atom. The van der Waals surface area contributed by atoms with Crippen molar-refractivity contribution in [2.24, 2.45) is 8.73 Å². The molecule has 2 saturated heterocycles. The molecule has 10 heteroatoms. The predicted octanol–water partition coefficient (Wildman–Crippen LogP) is 4.71. The van der Waals surface area contributed by atoms with Crippen LogP contribution in [0.25, 0.3) is 33.4 Å². The van der Waals surface area contributed by atoms with E-state index in [9.17, 15) is 5.11 Å². The predicted molar refractivity (Wildman–Crippen MR) is 145 cm³/mol. The number of halogens is 1. The molecule has 0 spiro atoms. The molecule has 8 nitrogen and oxygen atoms in total. The Kier molecular flexibility index (Phi) is 6.43. The van der Waals surface area contributed by atoms with Crippen molar-refractivity contribution < 1.29 is 23.7 Å². The summed E-state index contributed by atoms with van der Waals surface area (Å²) >= 11 is 0. The topological polar surface area (TPSA) is 101 Å². The lowest BCUT2D eigenvalue weighted by molar-refractivity contribution is 0.00794. The van der Waals surface area contributed by atoms with Crippen molar-refractivity contribution in [1.82, 2.24) is 9.97 Å². The molecule has 2 aromatic heterocycles. The summed E-state index contributed by atoms with van der Waals surface area (Å²) in [7, 11) is 2.10. The minimum absolute atomic E-state index is 0.229. The number of pyridine rings is 1. The number of benzene rings is 2. The van der Waals surface area contributed by atoms with Crippen LogP contribution in [0.4, 0.5) is 4.39 Å². The van der Waals surface area contributed by atoms with Crippen LogP contribution in [0, 0.1) is 5.82 Å². The average Bonchev–Trinajstić information content (AvgIpc) is 3.64. The fourth-order valence-corrected chi connectivity index (χ4v) is 6.24. The Morgan fingerprint density at radius 3 is 2.26 bits per heavy atom. The van der Waals surface area contributed by atoms with Crippen LogP contribution in [0.5, 0.6) is 5.88 Å². The van der Waals surface area contributed by atoms with Gasteiger partial charge in [-0.25, -0.2) is 9.37 Å². The van der Waals surface area contributed by atoms with Gasteiger partial charge in [0.1, 0.15) is 24.0 Å². The fraction of sp³-hybridized carbons (Fsp3) is 0.321. The van der Waals surface area contributed by atoms with Crippen LogP contribution < -0.4 is 4.74 Å². The van der Waals surface area contributed by atoms with E-state index in [0.717, 1.165) is 16.0 Å². The maximum absolute atomic E-state index is 15.1. The molecule has 2 aliphatic rings. The molecule has 6 rings (SSSR count). The summed E-state index contributed by atoms with van der Waals surface area (Å²) in [6.07, 6.45) is 0.334. The summed E-state index contributed by atoms with van der Waals surface area (Å²) in [5.41, 5.74) is 4.15. The van der Waals surface area contributed by atoms with Gasteiger partial charge in [-0.3, -0.25) is 8.73 Å². The quantitative estimate of drug-likeness (QED) is 0.385. The molecule has 0 saturated carbocycles. The van der Waals surface area contributed by atoms with E-state index in [1.807, 2.05) is 24.3 Å². The largest absolute Gasteiger partial charge is 0.470 e. The van der Waals surface area contributed by atoms with Crippen molar-refractivity contribution in [1.29, 1.82) is 0 Å². The van der Waals surface area contributed by atoms with Crippen LogP contribution >= 0.6 is 0 Å². The summed E-state index contributed by atoms with van der Waals surface area (Å²) in [5, 5.41) is 9.94. The molecule has 0 unspecified atom stereocenters. The third-order valence-electron chi connectivity index (χ3n) is 7.29. The molecule has 4 heterocycles. The SMILES string of the molecule is CN=S(C)(=NC)c1ccc(-c2ccc(-c3nc4cc(O[C@@H]5CO[C@H]6[C@@H]5OC[C@H]6O)[nH]c4cc3F)cc2)cc1. The summed E-state index contributed by atoms with van der Waals surface area (Å²) in [6, 6.07) is 19.1. The molecule has 2 aliphatic heterocycles. The van der Waals surface area contributed by atoms with Crippen molar-refractivity contribution in [2.75, 3.05) is 33.6 Å². The number of fused-ring (bicyclic) bond motifs is 2. The van der Waals surface area contributed by atoms with Crippen LogP contribution in [0.1, 0.15) is 0 Å². The first-order valence-electron chi connectivity index (χ1n) is 12.4. The van der Waals surface area contributed by atoms with Crippen molar-refractivity contribution in [3.63, 3.8) is 0 Å². The fourth-order valence-electron chi connectivity index (χ4n) is 5.00. The van der Waals surface area contributed by atoms with Gasteiger partial charge < -0.3 is 24.3 Å². The highest BCUT2D eigenvalue weighted by atomic mass is 32.2. The Hall–Kier alpha value is -3.31. The number of H-pyrrole nitrogens is 1. The molecule has 0 bridgehead atoms. The van der Waals surface area contributed by atoms with E-state index in [4.69, 9.17) is 14.2 Å². The van der Waals surface area contributed by atoms with E-state index in [1.54, 1.807) is 20.2 Å². The minimum Gasteiger partial charge on any atom is -0.470 e. The molecule has 2 fully saturated rings. The molecule has 0 aliphatic carbocycles. The number of rotatable bonds is 5. The van der Waals surface area contributed by atoms with Crippen molar-refractivity contribution in [3.05, 3.63) is 66.5 Å². The molecule has 2 N–H and O–H groups in total. The molecule has 0 amide bonds. The molecule has 0 radical (unpaired) electrons. The van der Waals surface area contributed by atoms with Crippen molar-refractivity contribution in [2.45, 2.75) is 29.3 Å². The average molecular weight is 537 g/mol. The Balaban J connectivity index is 1.22. The molecule has 4 atom stereocenters. The van der Waals surface area contributed by atoms with Gasteiger partial charge in [0.2, 0.25) is 0 Å². The number of ether oxygens (including phenoxy) is 3. The van der Waals surface area contributed by atoms with Crippen LogP contribution in [0.3, 0.4) is 0 Å². The van der Waals surface area contributed by atoms with Gasteiger partial charge >= 0.3 is 0 Å². The van der Waals surface area contributed by atoms with Gasteiger partial charge in [-0.15, -0.1) is 0 Å². The van der Waals surface area contributed by atoms with E-state index in [0.29, 0.717) is 29.1 Å². The van der Waals surface area contributed by atoms with Crippen LogP contribution in [-0.2, 0) is 19.1 Å². The highest BCUT2D eigenvalue weighted by molar-refractivity contribution is 7.95. The number of aliphatic hydroxyl groups excluding tert-OH is 1. The Labute approximate surface area is 220 Å². The van der Waals surface area contributed by atoms with Crippen molar-refractivity contribution in [3.8, 4) is 28.3 Å². The minimum atomic E-state index is -1.50. The summed E-state index contributed by atoms with van der Waals surface area (Å²) < 4.78 is 41.3. The standard InChI is InChI=1S/C28H29FN4O4S/c1-30-38(3,31-2)19-10-8-17(9-11-19)16-4-6-18(7-5-16)26-20(29)12-21-22(33-26)13-25(32-21)37-24-15-36-27-23(34)14-35-28(24)27/h4-13,23-24,27-28,32,34H,14-15H2,1-3H3/t23-,24-,27-,28-/m1/s1. The number of aromatic amines is 1. The third-order valence-corrected chi connectivity index (χ3v) is 9.88. The van der Waals surface area contributed by atoms with Gasteiger partial charge in [-0.05, 0) is 32.9 Å². The second kappa shape index (κ2) is 9.77. The van der Waals surface area contributed by atoms with Gasteiger partial charge in [0.25, 0.3) is 0 Å². The van der Waals surface area contributed by atoms with E-state index < -0.39 is 21.5 Å². The first-order valence-corrected chi connectivity index (χ1v) is 14.3. The zero-order chi connectivity index (χ0) is 26.4. The van der Waals surface area contributed by atoms with Crippen molar-refractivity contribution >= 4 is 20.7 Å². The zero-order valence-electron chi connectivity index (χ0n) is 21.3. The first-order chi connectivity index (χ1) is 18.4. The monoisotopic (exact) mass is 536 g/mol. The lowest BCUT2D eigenvalue weighted by Gasteiger charge is -2.16. The number of nitrogens with one attached hydrogen (secondary N) is 1. The highest BCUT2D eigenvalue weighted by Crippen LogP contribution is 2.32. The van der Waals surface area contributed by atoms with Crippen LogP contribution in [0.15, 0.2) is 74.3 Å². The molecular formula is C28H29FN4O4S. The van der Waals surface area contributed by atoms with E-state index in [-0.39, 0.29) is 30.6 Å². The summed E-state index contributed by atoms with van der Waals surface area (Å²) in [5.74, 6) is 0.0233. The molecule has 38 heavy (non-hydrogen) atoms. The number of hydrogen-bond acceptors (Lipinski definition) is 7. The zero-order valence-corrected chi connectivity index (χ0v) is 22.1. The van der Waals surface area contributed by atoms with E-state index in [2.05, 4.69) is 49.2 Å². The summed E-state index contributed by atoms with van der Waals surface area (Å²) in [6.45, 7) is 0.541. The van der Waals surface area contributed by atoms with Gasteiger partial charge in [0.05, 0.1) is 24.2 Å². The maximum Gasteiger partial charge on any atom is 0.193 e. The second-order valence-electron chi connectivity index (χ2n) is 9.51. The van der Waals surface area contributed by atoms with Gasteiger partial charge in [0, 0.05) is 42.9 Å². The van der Waals surface area contributed by atoms with Gasteiger partial charge in [0.15, 0.2) is 17.8 Å².